The Kier molecular flexibility index (Phi) is 8.97. The van der Waals surface area contributed by atoms with E-state index < -0.39 is 23.1 Å². The van der Waals surface area contributed by atoms with Crippen molar-refractivity contribution < 1.29 is 27.4 Å². The highest BCUT2D eigenvalue weighted by Crippen LogP contribution is 2.40. The number of phenolic OH excluding ortho intramolecular Hbond substituents is 1. The Morgan fingerprint density at radius 3 is 2.08 bits per heavy atom. The van der Waals surface area contributed by atoms with Crippen LogP contribution in [0.3, 0.4) is 0 Å². The van der Waals surface area contributed by atoms with Crippen LogP contribution in [0.25, 0.3) is 22.1 Å². The Hall–Kier alpha value is -3.78. The first-order valence-corrected chi connectivity index (χ1v) is 13.2. The Bertz CT molecular complexity index is 1440. The molecule has 0 saturated heterocycles. The smallest absolute Gasteiger partial charge is 0.453 e. The molecule has 0 radical (unpaired) electrons. The zero-order valence-electron chi connectivity index (χ0n) is 22.1. The van der Waals surface area contributed by atoms with E-state index >= 15 is 0 Å². The van der Waals surface area contributed by atoms with Gasteiger partial charge in [0.2, 0.25) is 11.2 Å². The fourth-order valence-electron chi connectivity index (χ4n) is 4.44. The van der Waals surface area contributed by atoms with E-state index in [-0.39, 0.29) is 34.6 Å². The van der Waals surface area contributed by atoms with Gasteiger partial charge in [0, 0.05) is 6.54 Å². The van der Waals surface area contributed by atoms with Gasteiger partial charge >= 0.3 is 6.18 Å². The molecule has 0 aliphatic rings. The van der Waals surface area contributed by atoms with Crippen molar-refractivity contribution in [1.29, 1.82) is 0 Å². The molecule has 1 heterocycles. The first-order valence-electron chi connectivity index (χ1n) is 13.2. The van der Waals surface area contributed by atoms with E-state index in [2.05, 4.69) is 18.7 Å². The van der Waals surface area contributed by atoms with Crippen LogP contribution in [0.2, 0.25) is 0 Å². The number of ether oxygens (including phenoxy) is 1. The number of benzene rings is 3. The Labute approximate surface area is 225 Å². The van der Waals surface area contributed by atoms with Crippen molar-refractivity contribution in [3.8, 4) is 28.4 Å². The summed E-state index contributed by atoms with van der Waals surface area (Å²) in [5.74, 6) is -2.63. The van der Waals surface area contributed by atoms with Crippen LogP contribution in [0.5, 0.6) is 17.2 Å². The summed E-state index contributed by atoms with van der Waals surface area (Å²) in [7, 11) is 0. The lowest BCUT2D eigenvalue weighted by Gasteiger charge is -2.23. The third kappa shape index (κ3) is 6.63. The third-order valence-corrected chi connectivity index (χ3v) is 6.57. The van der Waals surface area contributed by atoms with E-state index in [0.29, 0.717) is 13.1 Å². The molecule has 0 aliphatic carbocycles. The van der Waals surface area contributed by atoms with Crippen LogP contribution in [0.1, 0.15) is 50.9 Å². The standard InChI is InChI=1S/C31H32F3NO4/c1-3-5-18-35(19-6-4-2)20-25-26(36)17-16-24-27(37)29(30(31(32,33)34)39-28(24)25)38-23-14-12-22(13-15-23)21-10-8-7-9-11-21/h7-17,36H,3-6,18-20H2,1-2H3. The van der Waals surface area contributed by atoms with Crippen LogP contribution in [-0.2, 0) is 12.7 Å². The van der Waals surface area contributed by atoms with Gasteiger partial charge in [-0.25, -0.2) is 0 Å². The molecule has 39 heavy (non-hydrogen) atoms. The average molecular weight is 540 g/mol. The highest BCUT2D eigenvalue weighted by molar-refractivity contribution is 5.83. The summed E-state index contributed by atoms with van der Waals surface area (Å²) in [5, 5.41) is 10.5. The first-order chi connectivity index (χ1) is 18.7. The third-order valence-electron chi connectivity index (χ3n) is 6.57. The van der Waals surface area contributed by atoms with Gasteiger partial charge < -0.3 is 14.3 Å². The van der Waals surface area contributed by atoms with Crippen LogP contribution < -0.4 is 10.2 Å². The maximum Gasteiger partial charge on any atom is 0.453 e. The summed E-state index contributed by atoms with van der Waals surface area (Å²) in [6.07, 6.45) is -1.31. The number of phenols is 1. The fraction of sp³-hybridized carbons (Fsp3) is 0.323. The predicted octanol–water partition coefficient (Wildman–Crippen LogP) is 8.38. The molecule has 0 atom stereocenters. The first kappa shape index (κ1) is 28.2. The number of hydrogen-bond acceptors (Lipinski definition) is 5. The Morgan fingerprint density at radius 1 is 0.872 bits per heavy atom. The van der Waals surface area contributed by atoms with Gasteiger partial charge in [-0.15, -0.1) is 0 Å². The van der Waals surface area contributed by atoms with Crippen molar-refractivity contribution in [2.24, 2.45) is 0 Å². The number of halogens is 3. The van der Waals surface area contributed by atoms with Gasteiger partial charge in [-0.2, -0.15) is 13.2 Å². The molecule has 5 nitrogen and oxygen atoms in total. The second kappa shape index (κ2) is 12.4. The van der Waals surface area contributed by atoms with Gasteiger partial charge in [-0.3, -0.25) is 9.69 Å². The normalized spacial score (nSPS) is 11.8. The van der Waals surface area contributed by atoms with Gasteiger partial charge in [-0.05, 0) is 61.3 Å². The van der Waals surface area contributed by atoms with Crippen molar-refractivity contribution in [2.45, 2.75) is 52.3 Å². The summed E-state index contributed by atoms with van der Waals surface area (Å²) in [6, 6.07) is 18.5. The number of hydrogen-bond donors (Lipinski definition) is 1. The van der Waals surface area contributed by atoms with Crippen LogP contribution in [0, 0.1) is 0 Å². The molecule has 1 aromatic heterocycles. The molecular formula is C31H32F3NO4. The predicted molar refractivity (Wildman–Crippen MR) is 146 cm³/mol. The molecule has 1 N–H and O–H groups in total. The lowest BCUT2D eigenvalue weighted by Crippen LogP contribution is -2.26. The molecule has 0 bridgehead atoms. The van der Waals surface area contributed by atoms with E-state index in [1.807, 2.05) is 30.3 Å². The zero-order chi connectivity index (χ0) is 28.0. The van der Waals surface area contributed by atoms with E-state index in [1.54, 1.807) is 12.1 Å². The maximum absolute atomic E-state index is 14.2. The number of unbranched alkanes of at least 4 members (excludes halogenated alkanes) is 2. The number of rotatable bonds is 11. The summed E-state index contributed by atoms with van der Waals surface area (Å²) in [6.45, 7) is 5.69. The molecule has 0 saturated carbocycles. The second-order valence-electron chi connectivity index (χ2n) is 9.50. The fourth-order valence-corrected chi connectivity index (χ4v) is 4.44. The second-order valence-corrected chi connectivity index (χ2v) is 9.50. The van der Waals surface area contributed by atoms with Crippen molar-refractivity contribution in [2.75, 3.05) is 13.1 Å². The molecule has 0 unspecified atom stereocenters. The highest BCUT2D eigenvalue weighted by atomic mass is 19.4. The lowest BCUT2D eigenvalue weighted by molar-refractivity contribution is -0.154. The average Bonchev–Trinajstić information content (AvgIpc) is 2.93. The molecule has 0 spiro atoms. The topological polar surface area (TPSA) is 62.9 Å². The van der Waals surface area contributed by atoms with Crippen LogP contribution in [0.15, 0.2) is 75.9 Å². The molecule has 0 aliphatic heterocycles. The van der Waals surface area contributed by atoms with Gasteiger partial charge in [0.05, 0.1) is 10.9 Å². The molecular weight excluding hydrogens is 507 g/mol. The Balaban J connectivity index is 1.76. The zero-order valence-corrected chi connectivity index (χ0v) is 22.1. The number of nitrogens with zero attached hydrogens (tertiary/aromatic N) is 1. The van der Waals surface area contributed by atoms with Gasteiger partial charge in [0.15, 0.2) is 0 Å². The van der Waals surface area contributed by atoms with E-state index in [9.17, 15) is 23.1 Å². The molecule has 8 heteroatoms. The minimum Gasteiger partial charge on any atom is -0.507 e. The quantitative estimate of drug-likeness (QED) is 0.207. The molecule has 0 amide bonds. The summed E-state index contributed by atoms with van der Waals surface area (Å²) >= 11 is 0. The SMILES string of the molecule is CCCCN(CCCC)Cc1c(O)ccc2c(=O)c(Oc3ccc(-c4ccccc4)cc3)c(C(F)(F)F)oc12. The van der Waals surface area contributed by atoms with Crippen LogP contribution >= 0.6 is 0 Å². The number of fused-ring (bicyclic) bond motifs is 1. The summed E-state index contributed by atoms with van der Waals surface area (Å²) < 4.78 is 53.5. The highest BCUT2D eigenvalue weighted by Gasteiger charge is 2.41. The Morgan fingerprint density at radius 2 is 1.49 bits per heavy atom. The maximum atomic E-state index is 14.2. The molecule has 4 aromatic rings. The molecule has 4 rings (SSSR count). The molecule has 206 valence electrons. The molecule has 3 aromatic carbocycles. The van der Waals surface area contributed by atoms with E-state index in [4.69, 9.17) is 9.15 Å². The summed E-state index contributed by atoms with van der Waals surface area (Å²) in [5.41, 5.74) is 0.702. The van der Waals surface area contributed by atoms with Gasteiger partial charge in [0.1, 0.15) is 17.1 Å². The van der Waals surface area contributed by atoms with Crippen molar-refractivity contribution >= 4 is 11.0 Å². The van der Waals surface area contributed by atoms with Crippen molar-refractivity contribution in [3.05, 3.63) is 88.3 Å². The molecule has 0 fully saturated rings. The van der Waals surface area contributed by atoms with Gasteiger partial charge in [-0.1, -0.05) is 69.2 Å². The monoisotopic (exact) mass is 539 g/mol. The van der Waals surface area contributed by atoms with Crippen molar-refractivity contribution in [3.63, 3.8) is 0 Å². The summed E-state index contributed by atoms with van der Waals surface area (Å²) in [4.78, 5) is 15.5. The number of alkyl halides is 3. The lowest BCUT2D eigenvalue weighted by atomic mass is 10.1. The van der Waals surface area contributed by atoms with Crippen molar-refractivity contribution in [1.82, 2.24) is 4.90 Å². The minimum absolute atomic E-state index is 0.0659. The minimum atomic E-state index is -5.00. The van der Waals surface area contributed by atoms with Gasteiger partial charge in [0.25, 0.3) is 5.76 Å². The van der Waals surface area contributed by atoms with Crippen LogP contribution in [-0.4, -0.2) is 23.1 Å². The van der Waals surface area contributed by atoms with E-state index in [1.165, 1.54) is 24.3 Å². The van der Waals surface area contributed by atoms with Crippen LogP contribution in [0.4, 0.5) is 13.2 Å². The number of aromatic hydroxyl groups is 1. The van der Waals surface area contributed by atoms with E-state index in [0.717, 1.165) is 36.8 Å². The largest absolute Gasteiger partial charge is 0.507 e.